The highest BCUT2D eigenvalue weighted by Crippen LogP contribution is 2.18. The van der Waals surface area contributed by atoms with Crippen molar-refractivity contribution < 1.29 is 9.71 Å². The molecule has 1 fully saturated rings. The van der Waals surface area contributed by atoms with E-state index in [4.69, 9.17) is 0 Å². The van der Waals surface area contributed by atoms with Gasteiger partial charge in [0, 0.05) is 12.0 Å². The number of halogens is 1. The number of quaternary nitrogens is 1. The van der Waals surface area contributed by atoms with Gasteiger partial charge in [-0.2, -0.15) is 0 Å². The van der Waals surface area contributed by atoms with E-state index in [1.165, 1.54) is 37.8 Å². The molecule has 0 amide bonds. The Morgan fingerprint density at radius 2 is 1.86 bits per heavy atom. The second-order valence-electron chi connectivity index (χ2n) is 4.03. The zero-order valence-corrected chi connectivity index (χ0v) is 8.38. The first kappa shape index (κ1) is 9.66. The van der Waals surface area contributed by atoms with Crippen LogP contribution in [0.4, 0.5) is 4.39 Å². The van der Waals surface area contributed by atoms with E-state index in [1.54, 1.807) is 12.1 Å². The molecule has 0 aliphatic carbocycles. The van der Waals surface area contributed by atoms with Crippen LogP contribution in [0.5, 0.6) is 0 Å². The van der Waals surface area contributed by atoms with Crippen molar-refractivity contribution in [1.82, 2.24) is 0 Å². The average Bonchev–Trinajstić information content (AvgIpc) is 2.47. The van der Waals surface area contributed by atoms with Crippen LogP contribution in [0.25, 0.3) is 0 Å². The first-order chi connectivity index (χ1) is 6.86. The predicted octanol–water partition coefficient (Wildman–Crippen LogP) is 2.00. The van der Waals surface area contributed by atoms with Crippen molar-refractivity contribution in [2.75, 3.05) is 6.54 Å². The van der Waals surface area contributed by atoms with Crippen LogP contribution >= 0.6 is 0 Å². The van der Waals surface area contributed by atoms with Gasteiger partial charge in [-0.1, -0.05) is 12.1 Å². The standard InChI is InChI=1S/C12H16FN/c13-11-7-5-10(6-8-11)12-4-2-1-3-9-14-12/h5-8,12,14H,1-4,9H2/p+1/t12-/m1/s1. The van der Waals surface area contributed by atoms with E-state index in [0.717, 1.165) is 0 Å². The van der Waals surface area contributed by atoms with Gasteiger partial charge in [0.05, 0.1) is 6.54 Å². The lowest BCUT2D eigenvalue weighted by atomic mass is 10.0. The minimum Gasteiger partial charge on any atom is -0.340 e. The zero-order valence-electron chi connectivity index (χ0n) is 8.38. The summed E-state index contributed by atoms with van der Waals surface area (Å²) >= 11 is 0. The first-order valence-corrected chi connectivity index (χ1v) is 5.45. The highest BCUT2D eigenvalue weighted by Gasteiger charge is 2.16. The Kier molecular flexibility index (Phi) is 3.14. The second-order valence-corrected chi connectivity index (χ2v) is 4.03. The Morgan fingerprint density at radius 1 is 1.07 bits per heavy atom. The number of hydrogen-bond donors (Lipinski definition) is 1. The maximum Gasteiger partial charge on any atom is 0.123 e. The van der Waals surface area contributed by atoms with E-state index >= 15 is 0 Å². The molecule has 76 valence electrons. The second kappa shape index (κ2) is 4.56. The van der Waals surface area contributed by atoms with Gasteiger partial charge in [0.2, 0.25) is 0 Å². The molecule has 1 saturated heterocycles. The van der Waals surface area contributed by atoms with Gasteiger partial charge in [0.1, 0.15) is 11.9 Å². The molecule has 2 heteroatoms. The van der Waals surface area contributed by atoms with Crippen LogP contribution in [0.2, 0.25) is 0 Å². The first-order valence-electron chi connectivity index (χ1n) is 5.45. The van der Waals surface area contributed by atoms with Crippen LogP contribution in [0.1, 0.15) is 37.3 Å². The fourth-order valence-corrected chi connectivity index (χ4v) is 2.13. The molecule has 1 atom stereocenters. The van der Waals surface area contributed by atoms with Crippen LogP contribution < -0.4 is 5.32 Å². The summed E-state index contributed by atoms with van der Waals surface area (Å²) in [4.78, 5) is 0. The van der Waals surface area contributed by atoms with Crippen molar-refractivity contribution in [1.29, 1.82) is 0 Å². The molecular formula is C12H17FN+. The Balaban J connectivity index is 2.08. The summed E-state index contributed by atoms with van der Waals surface area (Å²) in [6.45, 7) is 1.21. The van der Waals surface area contributed by atoms with Gasteiger partial charge in [-0.05, 0) is 31.4 Å². The number of benzene rings is 1. The summed E-state index contributed by atoms with van der Waals surface area (Å²) in [6, 6.07) is 7.52. The van der Waals surface area contributed by atoms with Gasteiger partial charge in [-0.25, -0.2) is 4.39 Å². The Bertz CT molecular complexity index is 273. The quantitative estimate of drug-likeness (QED) is 0.704. The molecule has 1 aromatic carbocycles. The molecule has 1 aliphatic heterocycles. The van der Waals surface area contributed by atoms with Crippen LogP contribution in [0.15, 0.2) is 24.3 Å². The molecule has 2 rings (SSSR count). The molecule has 0 spiro atoms. The summed E-state index contributed by atoms with van der Waals surface area (Å²) in [6.07, 6.45) is 5.19. The van der Waals surface area contributed by atoms with Crippen LogP contribution in [-0.4, -0.2) is 6.54 Å². The van der Waals surface area contributed by atoms with Gasteiger partial charge < -0.3 is 5.32 Å². The van der Waals surface area contributed by atoms with Crippen molar-refractivity contribution in [3.8, 4) is 0 Å². The van der Waals surface area contributed by atoms with Crippen molar-refractivity contribution in [2.24, 2.45) is 0 Å². The third kappa shape index (κ3) is 2.32. The smallest absolute Gasteiger partial charge is 0.123 e. The Morgan fingerprint density at radius 3 is 2.64 bits per heavy atom. The summed E-state index contributed by atoms with van der Waals surface area (Å²) < 4.78 is 12.7. The van der Waals surface area contributed by atoms with Crippen molar-refractivity contribution in [2.45, 2.75) is 31.7 Å². The van der Waals surface area contributed by atoms with Gasteiger partial charge in [0.15, 0.2) is 0 Å². The molecule has 2 N–H and O–H groups in total. The number of hydrogen-bond acceptors (Lipinski definition) is 0. The highest BCUT2D eigenvalue weighted by atomic mass is 19.1. The van der Waals surface area contributed by atoms with Crippen molar-refractivity contribution >= 4 is 0 Å². The maximum atomic E-state index is 12.7. The minimum atomic E-state index is -0.137. The number of nitrogens with two attached hydrogens (primary N) is 1. The van der Waals surface area contributed by atoms with E-state index < -0.39 is 0 Å². The maximum absolute atomic E-state index is 12.7. The van der Waals surface area contributed by atoms with Gasteiger partial charge in [0.25, 0.3) is 0 Å². The van der Waals surface area contributed by atoms with Crippen LogP contribution in [0, 0.1) is 5.82 Å². The Hall–Kier alpha value is -0.890. The molecule has 1 nitrogen and oxygen atoms in total. The molecule has 1 aromatic rings. The van der Waals surface area contributed by atoms with Crippen LogP contribution in [0.3, 0.4) is 0 Å². The summed E-state index contributed by atoms with van der Waals surface area (Å²) in [7, 11) is 0. The topological polar surface area (TPSA) is 16.6 Å². The third-order valence-electron chi connectivity index (χ3n) is 2.97. The van der Waals surface area contributed by atoms with Crippen LogP contribution in [-0.2, 0) is 0 Å². The lowest BCUT2D eigenvalue weighted by molar-refractivity contribution is -0.694. The largest absolute Gasteiger partial charge is 0.340 e. The van der Waals surface area contributed by atoms with Crippen molar-refractivity contribution in [3.63, 3.8) is 0 Å². The molecule has 0 aromatic heterocycles. The third-order valence-corrected chi connectivity index (χ3v) is 2.97. The molecule has 0 bridgehead atoms. The Labute approximate surface area is 84.3 Å². The van der Waals surface area contributed by atoms with E-state index in [9.17, 15) is 4.39 Å². The zero-order chi connectivity index (χ0) is 9.80. The number of rotatable bonds is 1. The normalized spacial score (nSPS) is 23.1. The summed E-state index contributed by atoms with van der Waals surface area (Å²) in [5.41, 5.74) is 1.27. The molecule has 0 unspecified atom stereocenters. The fourth-order valence-electron chi connectivity index (χ4n) is 2.13. The van der Waals surface area contributed by atoms with E-state index in [1.807, 2.05) is 12.1 Å². The monoisotopic (exact) mass is 194 g/mol. The van der Waals surface area contributed by atoms with Gasteiger partial charge in [-0.15, -0.1) is 0 Å². The highest BCUT2D eigenvalue weighted by molar-refractivity contribution is 5.18. The van der Waals surface area contributed by atoms with Gasteiger partial charge >= 0.3 is 0 Å². The molecule has 0 saturated carbocycles. The van der Waals surface area contributed by atoms with Crippen molar-refractivity contribution in [3.05, 3.63) is 35.6 Å². The minimum absolute atomic E-state index is 0.137. The summed E-state index contributed by atoms with van der Waals surface area (Å²) in [5.74, 6) is -0.137. The van der Waals surface area contributed by atoms with Gasteiger partial charge in [-0.3, -0.25) is 0 Å². The lowest BCUT2D eigenvalue weighted by Crippen LogP contribution is -2.84. The predicted molar refractivity (Wildman–Crippen MR) is 54.4 cm³/mol. The lowest BCUT2D eigenvalue weighted by Gasteiger charge is -2.12. The molecular weight excluding hydrogens is 177 g/mol. The molecule has 0 radical (unpaired) electrons. The SMILES string of the molecule is Fc1ccc([C@H]2CCCCC[NH2+]2)cc1. The van der Waals surface area contributed by atoms with E-state index in [0.29, 0.717) is 6.04 Å². The van der Waals surface area contributed by atoms with E-state index in [-0.39, 0.29) is 5.82 Å². The molecule has 1 aliphatic rings. The molecule has 1 heterocycles. The average molecular weight is 194 g/mol. The molecule has 14 heavy (non-hydrogen) atoms. The summed E-state index contributed by atoms with van der Waals surface area (Å²) in [5, 5.41) is 2.39. The fraction of sp³-hybridized carbons (Fsp3) is 0.500. The van der Waals surface area contributed by atoms with E-state index in [2.05, 4.69) is 5.32 Å².